The standard InChI is InChI=1S/C12H9F3O/c13-9-5-7(6-10(14)12(9)15)8-3-1-2-4-11(8)16/h3,5-6H,1-2,4H2. The monoisotopic (exact) mass is 226 g/mol. The molecular formula is C12H9F3O. The third kappa shape index (κ3) is 1.87. The summed E-state index contributed by atoms with van der Waals surface area (Å²) in [5.74, 6) is -4.20. The minimum Gasteiger partial charge on any atom is -0.294 e. The highest BCUT2D eigenvalue weighted by molar-refractivity contribution is 6.21. The largest absolute Gasteiger partial charge is 0.294 e. The topological polar surface area (TPSA) is 17.1 Å². The van der Waals surface area contributed by atoms with E-state index in [1.54, 1.807) is 6.08 Å². The van der Waals surface area contributed by atoms with Crippen LogP contribution >= 0.6 is 0 Å². The Morgan fingerprint density at radius 1 is 1.06 bits per heavy atom. The fourth-order valence-corrected chi connectivity index (χ4v) is 1.75. The van der Waals surface area contributed by atoms with Crippen molar-refractivity contribution in [3.63, 3.8) is 0 Å². The van der Waals surface area contributed by atoms with Gasteiger partial charge in [0.05, 0.1) is 0 Å². The van der Waals surface area contributed by atoms with Gasteiger partial charge in [0.1, 0.15) is 0 Å². The smallest absolute Gasteiger partial charge is 0.194 e. The van der Waals surface area contributed by atoms with Gasteiger partial charge in [-0.05, 0) is 30.5 Å². The summed E-state index contributed by atoms with van der Waals surface area (Å²) in [7, 11) is 0. The molecule has 0 atom stereocenters. The first-order valence-electron chi connectivity index (χ1n) is 4.98. The van der Waals surface area contributed by atoms with Gasteiger partial charge in [-0.25, -0.2) is 13.2 Å². The molecule has 0 saturated carbocycles. The van der Waals surface area contributed by atoms with Crippen molar-refractivity contribution < 1.29 is 18.0 Å². The third-order valence-corrected chi connectivity index (χ3v) is 2.55. The number of rotatable bonds is 1. The minimum atomic E-state index is -1.51. The van der Waals surface area contributed by atoms with E-state index in [9.17, 15) is 18.0 Å². The zero-order valence-corrected chi connectivity index (χ0v) is 8.40. The summed E-state index contributed by atoms with van der Waals surface area (Å²) < 4.78 is 38.7. The molecule has 2 rings (SSSR count). The van der Waals surface area contributed by atoms with Crippen molar-refractivity contribution >= 4 is 11.4 Å². The molecule has 0 aromatic heterocycles. The third-order valence-electron chi connectivity index (χ3n) is 2.55. The van der Waals surface area contributed by atoms with Crippen molar-refractivity contribution in [2.24, 2.45) is 0 Å². The molecule has 1 nitrogen and oxygen atoms in total. The average Bonchev–Trinajstić information content (AvgIpc) is 2.26. The minimum absolute atomic E-state index is 0.112. The predicted molar refractivity (Wildman–Crippen MR) is 53.2 cm³/mol. The molecule has 0 spiro atoms. The van der Waals surface area contributed by atoms with Crippen LogP contribution in [-0.4, -0.2) is 5.78 Å². The summed E-state index contributed by atoms with van der Waals surface area (Å²) >= 11 is 0. The summed E-state index contributed by atoms with van der Waals surface area (Å²) in [4.78, 5) is 11.5. The van der Waals surface area contributed by atoms with Crippen LogP contribution < -0.4 is 0 Å². The molecule has 4 heteroatoms. The zero-order valence-electron chi connectivity index (χ0n) is 8.40. The second-order valence-corrected chi connectivity index (χ2v) is 3.69. The van der Waals surface area contributed by atoms with E-state index >= 15 is 0 Å². The normalized spacial score (nSPS) is 16.2. The first-order valence-corrected chi connectivity index (χ1v) is 4.98. The summed E-state index contributed by atoms with van der Waals surface area (Å²) in [5, 5.41) is 0. The lowest BCUT2D eigenvalue weighted by Crippen LogP contribution is -2.07. The molecule has 0 unspecified atom stereocenters. The Bertz CT molecular complexity index is 454. The van der Waals surface area contributed by atoms with E-state index in [0.717, 1.165) is 18.6 Å². The predicted octanol–water partition coefficient (Wildman–Crippen LogP) is 3.24. The number of ketones is 1. The van der Waals surface area contributed by atoms with Gasteiger partial charge in [-0.3, -0.25) is 4.79 Å². The number of benzene rings is 1. The van der Waals surface area contributed by atoms with Crippen LogP contribution in [0.25, 0.3) is 5.57 Å². The lowest BCUT2D eigenvalue weighted by atomic mass is 9.92. The van der Waals surface area contributed by atoms with Crippen molar-refractivity contribution in [1.29, 1.82) is 0 Å². The second kappa shape index (κ2) is 4.12. The highest BCUT2D eigenvalue weighted by Crippen LogP contribution is 2.26. The van der Waals surface area contributed by atoms with Gasteiger partial charge < -0.3 is 0 Å². The molecule has 0 aliphatic heterocycles. The number of Topliss-reactive ketones (excluding diaryl/α,β-unsaturated/α-hetero) is 1. The Hall–Kier alpha value is -1.58. The Morgan fingerprint density at radius 3 is 2.25 bits per heavy atom. The van der Waals surface area contributed by atoms with Crippen LogP contribution in [0.5, 0.6) is 0 Å². The second-order valence-electron chi connectivity index (χ2n) is 3.69. The number of hydrogen-bond acceptors (Lipinski definition) is 1. The van der Waals surface area contributed by atoms with E-state index in [0.29, 0.717) is 12.8 Å². The first-order chi connectivity index (χ1) is 7.59. The molecule has 1 aromatic carbocycles. The van der Waals surface area contributed by atoms with Gasteiger partial charge in [0, 0.05) is 12.0 Å². The van der Waals surface area contributed by atoms with Gasteiger partial charge in [-0.1, -0.05) is 6.08 Å². The van der Waals surface area contributed by atoms with E-state index in [1.165, 1.54) is 0 Å². The van der Waals surface area contributed by atoms with Crippen molar-refractivity contribution in [3.8, 4) is 0 Å². The van der Waals surface area contributed by atoms with Crippen molar-refractivity contribution in [2.45, 2.75) is 19.3 Å². The average molecular weight is 226 g/mol. The van der Waals surface area contributed by atoms with Crippen LogP contribution in [0, 0.1) is 17.5 Å². The summed E-state index contributed by atoms with van der Waals surface area (Å²) in [6.07, 6.45) is 3.45. The molecule has 16 heavy (non-hydrogen) atoms. The van der Waals surface area contributed by atoms with Crippen LogP contribution in [0.1, 0.15) is 24.8 Å². The summed E-state index contributed by atoms with van der Waals surface area (Å²) in [6, 6.07) is 1.71. The maximum absolute atomic E-state index is 13.0. The number of carbonyl (C=O) groups is 1. The number of halogens is 3. The van der Waals surface area contributed by atoms with Crippen molar-refractivity contribution in [2.75, 3.05) is 0 Å². The molecule has 0 amide bonds. The first kappa shape index (κ1) is 10.9. The lowest BCUT2D eigenvalue weighted by molar-refractivity contribution is -0.114. The van der Waals surface area contributed by atoms with Crippen molar-refractivity contribution in [3.05, 3.63) is 41.2 Å². The molecule has 0 N–H and O–H groups in total. The quantitative estimate of drug-likeness (QED) is 0.672. The highest BCUT2D eigenvalue weighted by Gasteiger charge is 2.19. The van der Waals surface area contributed by atoms with E-state index in [-0.39, 0.29) is 16.9 Å². The molecule has 1 aliphatic rings. The van der Waals surface area contributed by atoms with Crippen LogP contribution in [0.2, 0.25) is 0 Å². The van der Waals surface area contributed by atoms with E-state index in [1.807, 2.05) is 0 Å². The molecule has 0 heterocycles. The number of hydrogen-bond donors (Lipinski definition) is 0. The molecule has 1 aliphatic carbocycles. The maximum atomic E-state index is 13.0. The lowest BCUT2D eigenvalue weighted by Gasteiger charge is -2.12. The maximum Gasteiger partial charge on any atom is 0.194 e. The van der Waals surface area contributed by atoms with Crippen LogP contribution in [0.15, 0.2) is 18.2 Å². The van der Waals surface area contributed by atoms with Gasteiger partial charge in [-0.15, -0.1) is 0 Å². The fourth-order valence-electron chi connectivity index (χ4n) is 1.75. The van der Waals surface area contributed by atoms with Gasteiger partial charge in [0.2, 0.25) is 0 Å². The molecule has 0 fully saturated rings. The van der Waals surface area contributed by atoms with Gasteiger partial charge in [-0.2, -0.15) is 0 Å². The Labute approximate surface area is 90.6 Å². The van der Waals surface area contributed by atoms with Crippen molar-refractivity contribution in [1.82, 2.24) is 0 Å². The Balaban J connectivity index is 2.48. The SMILES string of the molecule is O=C1CCCC=C1c1cc(F)c(F)c(F)c1. The molecular weight excluding hydrogens is 217 g/mol. The molecule has 0 saturated heterocycles. The van der Waals surface area contributed by atoms with Gasteiger partial charge in [0.15, 0.2) is 23.2 Å². The van der Waals surface area contributed by atoms with Crippen LogP contribution in [0.4, 0.5) is 13.2 Å². The molecule has 0 bridgehead atoms. The Morgan fingerprint density at radius 2 is 1.69 bits per heavy atom. The van der Waals surface area contributed by atoms with E-state index < -0.39 is 17.5 Å². The van der Waals surface area contributed by atoms with Crippen LogP contribution in [0.3, 0.4) is 0 Å². The highest BCUT2D eigenvalue weighted by atomic mass is 19.2. The molecule has 84 valence electrons. The van der Waals surface area contributed by atoms with E-state index in [4.69, 9.17) is 0 Å². The van der Waals surface area contributed by atoms with Gasteiger partial charge >= 0.3 is 0 Å². The van der Waals surface area contributed by atoms with Crippen LogP contribution in [-0.2, 0) is 4.79 Å². The summed E-state index contributed by atoms with van der Waals surface area (Å²) in [6.45, 7) is 0. The number of carbonyl (C=O) groups excluding carboxylic acids is 1. The zero-order chi connectivity index (χ0) is 11.7. The molecule has 1 aromatic rings. The van der Waals surface area contributed by atoms with E-state index in [2.05, 4.69) is 0 Å². The Kier molecular flexibility index (Phi) is 2.81. The molecule has 0 radical (unpaired) electrons. The number of allylic oxidation sites excluding steroid dienone is 2. The summed E-state index contributed by atoms with van der Waals surface area (Å²) in [5.41, 5.74) is 0.394. The van der Waals surface area contributed by atoms with Gasteiger partial charge in [0.25, 0.3) is 0 Å². The fraction of sp³-hybridized carbons (Fsp3) is 0.250.